The van der Waals surface area contributed by atoms with E-state index in [4.69, 9.17) is 4.74 Å². The van der Waals surface area contributed by atoms with E-state index in [-0.39, 0.29) is 5.92 Å². The molecule has 3 saturated heterocycles. The van der Waals surface area contributed by atoms with E-state index in [9.17, 15) is 4.79 Å². The van der Waals surface area contributed by atoms with Gasteiger partial charge in [-0.25, -0.2) is 0 Å². The Balaban J connectivity index is 1.44. The molecule has 3 aliphatic rings. The Bertz CT molecular complexity index is 336. The number of hydrogen-bond acceptors (Lipinski definition) is 4. The summed E-state index contributed by atoms with van der Waals surface area (Å²) in [6.45, 7) is 8.85. The minimum Gasteiger partial charge on any atom is -0.377 e. The molecule has 0 bridgehead atoms. The number of ether oxygens (including phenoxy) is 1. The summed E-state index contributed by atoms with van der Waals surface area (Å²) in [5, 5.41) is 3.37. The molecule has 0 radical (unpaired) electrons. The summed E-state index contributed by atoms with van der Waals surface area (Å²) in [7, 11) is 0. The van der Waals surface area contributed by atoms with Crippen molar-refractivity contribution in [2.24, 2.45) is 5.92 Å². The quantitative estimate of drug-likeness (QED) is 0.808. The van der Waals surface area contributed by atoms with Crippen molar-refractivity contribution < 1.29 is 9.53 Å². The van der Waals surface area contributed by atoms with Gasteiger partial charge in [-0.15, -0.1) is 0 Å². The normalized spacial score (nSPS) is 35.6. The van der Waals surface area contributed by atoms with Crippen molar-refractivity contribution in [3.63, 3.8) is 0 Å². The van der Waals surface area contributed by atoms with Gasteiger partial charge in [0, 0.05) is 45.4 Å². The Labute approximate surface area is 121 Å². The average molecular weight is 281 g/mol. The molecule has 1 amide bonds. The summed E-state index contributed by atoms with van der Waals surface area (Å²) in [5.74, 6) is 0.555. The van der Waals surface area contributed by atoms with Gasteiger partial charge < -0.3 is 15.0 Å². The first kappa shape index (κ1) is 14.3. The fraction of sp³-hybridized carbons (Fsp3) is 0.933. The van der Waals surface area contributed by atoms with Gasteiger partial charge in [-0.2, -0.15) is 0 Å². The molecule has 3 atom stereocenters. The van der Waals surface area contributed by atoms with Gasteiger partial charge in [-0.3, -0.25) is 9.69 Å². The van der Waals surface area contributed by atoms with E-state index >= 15 is 0 Å². The first-order chi connectivity index (χ1) is 9.74. The van der Waals surface area contributed by atoms with Crippen molar-refractivity contribution in [3.8, 4) is 0 Å². The van der Waals surface area contributed by atoms with E-state index in [1.165, 1.54) is 12.8 Å². The van der Waals surface area contributed by atoms with Gasteiger partial charge in [0.05, 0.1) is 12.0 Å². The van der Waals surface area contributed by atoms with Crippen LogP contribution in [0, 0.1) is 5.92 Å². The average Bonchev–Trinajstić information content (AvgIpc) is 3.10. The largest absolute Gasteiger partial charge is 0.377 e. The van der Waals surface area contributed by atoms with Crippen molar-refractivity contribution in [1.82, 2.24) is 15.1 Å². The lowest BCUT2D eigenvalue weighted by atomic mass is 10.00. The second-order valence-electron chi connectivity index (χ2n) is 6.40. The van der Waals surface area contributed by atoms with Gasteiger partial charge in [0.25, 0.3) is 0 Å². The first-order valence-corrected chi connectivity index (χ1v) is 8.10. The molecule has 5 heteroatoms. The molecule has 3 fully saturated rings. The maximum atomic E-state index is 12.5. The van der Waals surface area contributed by atoms with Gasteiger partial charge in [-0.05, 0) is 32.7 Å². The number of hydrogen-bond donors (Lipinski definition) is 1. The molecule has 0 spiro atoms. The highest BCUT2D eigenvalue weighted by atomic mass is 16.5. The summed E-state index contributed by atoms with van der Waals surface area (Å²) in [6.07, 6.45) is 3.83. The van der Waals surface area contributed by atoms with E-state index in [1.807, 2.05) is 0 Å². The van der Waals surface area contributed by atoms with E-state index in [0.29, 0.717) is 18.1 Å². The maximum absolute atomic E-state index is 12.5. The van der Waals surface area contributed by atoms with E-state index in [2.05, 4.69) is 22.0 Å². The third kappa shape index (κ3) is 3.15. The summed E-state index contributed by atoms with van der Waals surface area (Å²) in [5.41, 5.74) is 0. The highest BCUT2D eigenvalue weighted by Crippen LogP contribution is 2.20. The van der Waals surface area contributed by atoms with Crippen molar-refractivity contribution in [2.75, 3.05) is 45.9 Å². The van der Waals surface area contributed by atoms with Crippen LogP contribution in [0.1, 0.15) is 26.2 Å². The number of nitrogens with zero attached hydrogens (tertiary/aromatic N) is 2. The third-order valence-electron chi connectivity index (χ3n) is 5.01. The summed E-state index contributed by atoms with van der Waals surface area (Å²) in [4.78, 5) is 17.0. The Morgan fingerprint density at radius 3 is 2.65 bits per heavy atom. The van der Waals surface area contributed by atoms with Crippen molar-refractivity contribution >= 4 is 5.91 Å². The topological polar surface area (TPSA) is 44.8 Å². The predicted octanol–water partition coefficient (Wildman–Crippen LogP) is 0.308. The molecular formula is C15H27N3O2. The molecule has 20 heavy (non-hydrogen) atoms. The van der Waals surface area contributed by atoms with Crippen LogP contribution in [0.2, 0.25) is 0 Å². The lowest BCUT2D eigenvalue weighted by Crippen LogP contribution is -2.52. The Hall–Kier alpha value is -0.650. The Morgan fingerprint density at radius 1 is 1.25 bits per heavy atom. The molecular weight excluding hydrogens is 254 g/mol. The zero-order valence-corrected chi connectivity index (χ0v) is 12.5. The van der Waals surface area contributed by atoms with Crippen LogP contribution >= 0.6 is 0 Å². The molecule has 3 heterocycles. The summed E-state index contributed by atoms with van der Waals surface area (Å²) in [6, 6.07) is 0.340. The molecule has 1 N–H and O–H groups in total. The second-order valence-corrected chi connectivity index (χ2v) is 6.40. The zero-order chi connectivity index (χ0) is 13.9. The number of rotatable bonds is 3. The minimum absolute atomic E-state index is 0.194. The Morgan fingerprint density at radius 2 is 2.05 bits per heavy atom. The highest BCUT2D eigenvalue weighted by molar-refractivity contribution is 5.80. The van der Waals surface area contributed by atoms with Gasteiger partial charge in [0.2, 0.25) is 5.91 Å². The molecule has 114 valence electrons. The molecule has 0 saturated carbocycles. The number of nitrogens with one attached hydrogen (secondary N) is 1. The maximum Gasteiger partial charge on any atom is 0.227 e. The zero-order valence-electron chi connectivity index (χ0n) is 12.5. The minimum atomic E-state index is 0.194. The molecule has 3 rings (SSSR count). The van der Waals surface area contributed by atoms with Crippen LogP contribution < -0.4 is 5.32 Å². The van der Waals surface area contributed by atoms with E-state index in [1.54, 1.807) is 0 Å². The number of carbonyl (C=O) groups excluding carboxylic acids is 1. The van der Waals surface area contributed by atoms with Crippen LogP contribution in [-0.2, 0) is 9.53 Å². The lowest BCUT2D eigenvalue weighted by molar-refractivity contribution is -0.137. The summed E-state index contributed by atoms with van der Waals surface area (Å²) >= 11 is 0. The lowest BCUT2D eigenvalue weighted by Gasteiger charge is -2.37. The van der Waals surface area contributed by atoms with Gasteiger partial charge in [-0.1, -0.05) is 0 Å². The van der Waals surface area contributed by atoms with Crippen molar-refractivity contribution in [2.45, 2.75) is 38.3 Å². The monoisotopic (exact) mass is 281 g/mol. The smallest absolute Gasteiger partial charge is 0.227 e. The second kappa shape index (κ2) is 6.41. The molecule has 3 aliphatic heterocycles. The van der Waals surface area contributed by atoms with Gasteiger partial charge >= 0.3 is 0 Å². The van der Waals surface area contributed by atoms with Crippen LogP contribution in [0.3, 0.4) is 0 Å². The van der Waals surface area contributed by atoms with Crippen LogP contribution in [0.15, 0.2) is 0 Å². The first-order valence-electron chi connectivity index (χ1n) is 8.10. The van der Waals surface area contributed by atoms with E-state index < -0.39 is 0 Å². The van der Waals surface area contributed by atoms with Crippen molar-refractivity contribution in [1.29, 1.82) is 0 Å². The summed E-state index contributed by atoms with van der Waals surface area (Å²) < 4.78 is 5.69. The third-order valence-corrected chi connectivity index (χ3v) is 5.01. The molecule has 3 unspecified atom stereocenters. The predicted molar refractivity (Wildman–Crippen MR) is 77.6 cm³/mol. The van der Waals surface area contributed by atoms with Crippen LogP contribution in [0.4, 0.5) is 0 Å². The van der Waals surface area contributed by atoms with E-state index in [0.717, 1.165) is 52.3 Å². The highest BCUT2D eigenvalue weighted by Gasteiger charge is 2.34. The number of piperazine rings is 1. The van der Waals surface area contributed by atoms with Crippen LogP contribution in [0.5, 0.6) is 0 Å². The fourth-order valence-electron chi connectivity index (χ4n) is 3.66. The molecule has 0 aliphatic carbocycles. The molecule has 0 aromatic heterocycles. The number of carbonyl (C=O) groups is 1. The van der Waals surface area contributed by atoms with Crippen LogP contribution in [-0.4, -0.2) is 73.7 Å². The van der Waals surface area contributed by atoms with Crippen molar-refractivity contribution in [3.05, 3.63) is 0 Å². The molecule has 0 aromatic carbocycles. The molecule has 0 aromatic rings. The fourth-order valence-corrected chi connectivity index (χ4v) is 3.66. The van der Waals surface area contributed by atoms with Crippen LogP contribution in [0.25, 0.3) is 0 Å². The SMILES string of the molecule is CC1NCCC1C(=O)N1CCN(CC2CCCO2)CC1. The molecule has 5 nitrogen and oxygen atoms in total. The standard InChI is InChI=1S/C15H27N3O2/c1-12-14(4-5-16-12)15(19)18-8-6-17(7-9-18)11-13-3-2-10-20-13/h12-14,16H,2-11H2,1H3. The number of amides is 1. The Kier molecular flexibility index (Phi) is 4.58. The van der Waals surface area contributed by atoms with Gasteiger partial charge in [0.15, 0.2) is 0 Å². The van der Waals surface area contributed by atoms with Gasteiger partial charge in [0.1, 0.15) is 0 Å².